The number of rotatable bonds is 3. The summed E-state index contributed by atoms with van der Waals surface area (Å²) < 4.78 is 43.8. The van der Waals surface area contributed by atoms with Crippen molar-refractivity contribution in [3.05, 3.63) is 59.2 Å². The smallest absolute Gasteiger partial charge is 0.416 e. The number of anilines is 2. The highest BCUT2D eigenvalue weighted by molar-refractivity contribution is 6.05. The Labute approximate surface area is 158 Å². The Bertz CT molecular complexity index is 946. The van der Waals surface area contributed by atoms with E-state index in [1.165, 1.54) is 6.07 Å². The lowest BCUT2D eigenvalue weighted by Gasteiger charge is -2.15. The Balaban J connectivity index is 1.56. The van der Waals surface area contributed by atoms with Crippen LogP contribution in [0.5, 0.6) is 0 Å². The van der Waals surface area contributed by atoms with Crippen molar-refractivity contribution in [2.24, 2.45) is 0 Å². The number of esters is 1. The summed E-state index contributed by atoms with van der Waals surface area (Å²) in [5, 5.41) is 8.76. The number of hydrogen-bond acceptors (Lipinski definition) is 5. The number of ether oxygens (including phenoxy) is 1. The number of carbonyl (C=O) groups is 2. The maximum atomic E-state index is 13.0. The zero-order valence-corrected chi connectivity index (χ0v) is 14.5. The lowest BCUT2D eigenvalue weighted by molar-refractivity contribution is -0.139. The van der Waals surface area contributed by atoms with Gasteiger partial charge in [-0.15, -0.1) is 0 Å². The van der Waals surface area contributed by atoms with Gasteiger partial charge in [-0.05, 0) is 29.8 Å². The van der Waals surface area contributed by atoms with Crippen LogP contribution in [0.3, 0.4) is 0 Å². The molecule has 2 unspecified atom stereocenters. The standard InChI is InChI=1S/C19H16F3N3O3/c20-19(21,22)11-4-1-3-10(9-11)16-23-13-6-2-5-12(15(13)25-16)17(26)24-14-7-8-28-18(14)27/h1-6,9,14,16,23,25H,7-8H2,(H,24,26). The molecule has 2 atom stereocenters. The van der Waals surface area contributed by atoms with E-state index in [0.717, 1.165) is 12.1 Å². The molecule has 146 valence electrons. The van der Waals surface area contributed by atoms with Gasteiger partial charge < -0.3 is 20.7 Å². The topological polar surface area (TPSA) is 79.5 Å². The molecule has 2 aliphatic rings. The summed E-state index contributed by atoms with van der Waals surface area (Å²) in [7, 11) is 0. The molecule has 9 heteroatoms. The van der Waals surface area contributed by atoms with E-state index in [1.807, 2.05) is 0 Å². The molecular formula is C19H16F3N3O3. The van der Waals surface area contributed by atoms with Crippen LogP contribution in [-0.2, 0) is 15.7 Å². The number of carbonyl (C=O) groups excluding carboxylic acids is 2. The minimum absolute atomic E-state index is 0.258. The largest absolute Gasteiger partial charge is 0.464 e. The number of benzene rings is 2. The molecule has 2 aromatic rings. The van der Waals surface area contributed by atoms with Crippen molar-refractivity contribution in [3.8, 4) is 0 Å². The summed E-state index contributed by atoms with van der Waals surface area (Å²) in [4.78, 5) is 24.2. The summed E-state index contributed by atoms with van der Waals surface area (Å²) in [5.41, 5.74) is 0.982. The number of alkyl halides is 3. The van der Waals surface area contributed by atoms with Crippen molar-refractivity contribution in [1.82, 2.24) is 5.32 Å². The van der Waals surface area contributed by atoms with Gasteiger partial charge in [-0.2, -0.15) is 13.2 Å². The predicted molar refractivity (Wildman–Crippen MR) is 94.7 cm³/mol. The second-order valence-electron chi connectivity index (χ2n) is 6.56. The molecular weight excluding hydrogens is 375 g/mol. The first kappa shape index (κ1) is 18.1. The summed E-state index contributed by atoms with van der Waals surface area (Å²) >= 11 is 0. The summed E-state index contributed by atoms with van der Waals surface area (Å²) in [6.07, 6.45) is -4.66. The van der Waals surface area contributed by atoms with Gasteiger partial charge in [0.15, 0.2) is 0 Å². The molecule has 6 nitrogen and oxygen atoms in total. The van der Waals surface area contributed by atoms with Crippen molar-refractivity contribution in [2.75, 3.05) is 17.2 Å². The number of hydrogen-bond donors (Lipinski definition) is 3. The van der Waals surface area contributed by atoms with Gasteiger partial charge >= 0.3 is 12.1 Å². The number of halogens is 3. The van der Waals surface area contributed by atoms with Gasteiger partial charge in [-0.1, -0.05) is 18.2 Å². The normalized spacial score (nSPS) is 20.8. The molecule has 2 heterocycles. The van der Waals surface area contributed by atoms with Crippen LogP contribution in [-0.4, -0.2) is 24.5 Å². The van der Waals surface area contributed by atoms with Gasteiger partial charge in [-0.25, -0.2) is 4.79 Å². The molecule has 2 aliphatic heterocycles. The third-order valence-electron chi connectivity index (χ3n) is 4.69. The fourth-order valence-corrected chi connectivity index (χ4v) is 3.28. The Hall–Kier alpha value is -3.23. The van der Waals surface area contributed by atoms with E-state index in [4.69, 9.17) is 4.74 Å². The lowest BCUT2D eigenvalue weighted by Crippen LogP contribution is -2.38. The monoisotopic (exact) mass is 391 g/mol. The van der Waals surface area contributed by atoms with E-state index >= 15 is 0 Å². The van der Waals surface area contributed by atoms with E-state index in [0.29, 0.717) is 28.9 Å². The van der Waals surface area contributed by atoms with Gasteiger partial charge in [0.1, 0.15) is 12.2 Å². The Morgan fingerprint density at radius 2 is 1.93 bits per heavy atom. The molecule has 1 saturated heterocycles. The number of cyclic esters (lactones) is 1. The summed E-state index contributed by atoms with van der Waals surface area (Å²) in [6, 6.07) is 9.23. The Morgan fingerprint density at radius 3 is 2.64 bits per heavy atom. The van der Waals surface area contributed by atoms with Gasteiger partial charge in [-0.3, -0.25) is 4.79 Å². The quantitative estimate of drug-likeness (QED) is 0.700. The number of fused-ring (bicyclic) bond motifs is 1. The minimum Gasteiger partial charge on any atom is -0.464 e. The SMILES string of the molecule is O=C(NC1CCOC1=O)c1cccc2c1NC(c1cccc(C(F)(F)F)c1)N2. The van der Waals surface area contributed by atoms with Crippen LogP contribution in [0.1, 0.15) is 34.1 Å². The zero-order chi connectivity index (χ0) is 19.9. The van der Waals surface area contributed by atoms with Crippen LogP contribution < -0.4 is 16.0 Å². The van der Waals surface area contributed by atoms with E-state index in [2.05, 4.69) is 16.0 Å². The molecule has 0 spiro atoms. The zero-order valence-electron chi connectivity index (χ0n) is 14.5. The van der Waals surface area contributed by atoms with Crippen LogP contribution in [0.25, 0.3) is 0 Å². The molecule has 2 aromatic carbocycles. The van der Waals surface area contributed by atoms with Crippen molar-refractivity contribution in [2.45, 2.75) is 24.8 Å². The molecule has 0 saturated carbocycles. The Morgan fingerprint density at radius 1 is 1.14 bits per heavy atom. The maximum Gasteiger partial charge on any atom is 0.416 e. The van der Waals surface area contributed by atoms with Crippen LogP contribution in [0, 0.1) is 0 Å². The van der Waals surface area contributed by atoms with Crippen LogP contribution >= 0.6 is 0 Å². The van der Waals surface area contributed by atoms with E-state index in [9.17, 15) is 22.8 Å². The van der Waals surface area contributed by atoms with Crippen molar-refractivity contribution >= 4 is 23.3 Å². The number of para-hydroxylation sites is 1. The first-order valence-corrected chi connectivity index (χ1v) is 8.64. The molecule has 1 fully saturated rings. The lowest BCUT2D eigenvalue weighted by atomic mass is 10.1. The minimum atomic E-state index is -4.44. The molecule has 4 rings (SSSR count). The summed E-state index contributed by atoms with van der Waals surface area (Å²) in [6.45, 7) is 0.258. The summed E-state index contributed by atoms with van der Waals surface area (Å²) in [5.74, 6) is -0.937. The Kier molecular flexibility index (Phi) is 4.37. The third-order valence-corrected chi connectivity index (χ3v) is 4.69. The van der Waals surface area contributed by atoms with Crippen LogP contribution in [0.15, 0.2) is 42.5 Å². The van der Waals surface area contributed by atoms with Gasteiger partial charge in [0.05, 0.1) is 29.1 Å². The van der Waals surface area contributed by atoms with Crippen LogP contribution in [0.2, 0.25) is 0 Å². The second kappa shape index (κ2) is 6.74. The fraction of sp³-hybridized carbons (Fsp3) is 0.263. The molecule has 0 radical (unpaired) electrons. The van der Waals surface area contributed by atoms with Gasteiger partial charge in [0.2, 0.25) is 0 Å². The fourth-order valence-electron chi connectivity index (χ4n) is 3.28. The molecule has 28 heavy (non-hydrogen) atoms. The highest BCUT2D eigenvalue weighted by atomic mass is 19.4. The average molecular weight is 391 g/mol. The third kappa shape index (κ3) is 3.35. The highest BCUT2D eigenvalue weighted by Gasteiger charge is 2.33. The molecule has 3 N–H and O–H groups in total. The van der Waals surface area contributed by atoms with Crippen molar-refractivity contribution in [1.29, 1.82) is 0 Å². The molecule has 0 bridgehead atoms. The molecule has 1 amide bonds. The van der Waals surface area contributed by atoms with E-state index in [1.54, 1.807) is 24.3 Å². The van der Waals surface area contributed by atoms with Gasteiger partial charge in [0, 0.05) is 6.42 Å². The average Bonchev–Trinajstić information content (AvgIpc) is 3.27. The number of nitrogens with one attached hydrogen (secondary N) is 3. The second-order valence-corrected chi connectivity index (χ2v) is 6.56. The highest BCUT2D eigenvalue weighted by Crippen LogP contribution is 2.39. The number of amides is 1. The first-order valence-electron chi connectivity index (χ1n) is 8.64. The van der Waals surface area contributed by atoms with E-state index in [-0.39, 0.29) is 6.61 Å². The molecule has 0 aliphatic carbocycles. The predicted octanol–water partition coefficient (Wildman–Crippen LogP) is 3.29. The molecule has 0 aromatic heterocycles. The maximum absolute atomic E-state index is 13.0. The van der Waals surface area contributed by atoms with Crippen molar-refractivity contribution in [3.63, 3.8) is 0 Å². The first-order chi connectivity index (χ1) is 13.3. The van der Waals surface area contributed by atoms with Crippen LogP contribution in [0.4, 0.5) is 24.5 Å². The van der Waals surface area contributed by atoms with Crippen molar-refractivity contribution < 1.29 is 27.5 Å². The van der Waals surface area contributed by atoms with E-state index < -0.39 is 35.8 Å². The van der Waals surface area contributed by atoms with Gasteiger partial charge in [0.25, 0.3) is 5.91 Å².